The van der Waals surface area contributed by atoms with E-state index in [2.05, 4.69) is 39.4 Å². The van der Waals surface area contributed by atoms with Crippen molar-refractivity contribution in [1.82, 2.24) is 10.3 Å². The molecule has 16 heavy (non-hydrogen) atoms. The third-order valence-electron chi connectivity index (χ3n) is 2.20. The van der Waals surface area contributed by atoms with E-state index in [0.717, 1.165) is 21.0 Å². The number of nitrogens with zero attached hydrogens (tertiary/aromatic N) is 1. The molecule has 0 aliphatic heterocycles. The summed E-state index contributed by atoms with van der Waals surface area (Å²) in [5, 5.41) is 13.6. The molecular formula is C10H17BrN2OS2. The van der Waals surface area contributed by atoms with Crippen LogP contribution >= 0.6 is 39.0 Å². The molecule has 2 N–H and O–H groups in total. The molecule has 1 heterocycles. The van der Waals surface area contributed by atoms with Gasteiger partial charge in [-0.3, -0.25) is 0 Å². The van der Waals surface area contributed by atoms with Crippen molar-refractivity contribution < 1.29 is 5.11 Å². The van der Waals surface area contributed by atoms with Crippen LogP contribution in [0.2, 0.25) is 0 Å². The van der Waals surface area contributed by atoms with Gasteiger partial charge >= 0.3 is 0 Å². The molecule has 0 fully saturated rings. The zero-order chi connectivity index (χ0) is 12.0. The van der Waals surface area contributed by atoms with Crippen LogP contribution in [0.3, 0.4) is 0 Å². The molecule has 0 spiro atoms. The monoisotopic (exact) mass is 324 g/mol. The summed E-state index contributed by atoms with van der Waals surface area (Å²) in [5.74, 6) is 1.01. The summed E-state index contributed by atoms with van der Waals surface area (Å²) in [7, 11) is 0. The number of hydrogen-bond acceptors (Lipinski definition) is 5. The Kier molecular flexibility index (Phi) is 6.91. The van der Waals surface area contributed by atoms with Crippen molar-refractivity contribution in [2.75, 3.05) is 18.6 Å². The van der Waals surface area contributed by atoms with Gasteiger partial charge in [0, 0.05) is 18.4 Å². The van der Waals surface area contributed by atoms with E-state index in [9.17, 15) is 0 Å². The Balaban J connectivity index is 2.50. The minimum Gasteiger partial charge on any atom is -0.396 e. The van der Waals surface area contributed by atoms with Gasteiger partial charge in [0.2, 0.25) is 0 Å². The molecular weight excluding hydrogens is 308 g/mol. The van der Waals surface area contributed by atoms with Gasteiger partial charge in [-0.05, 0) is 35.5 Å². The smallest absolute Gasteiger partial charge is 0.110 e. The summed E-state index contributed by atoms with van der Waals surface area (Å²) in [6.45, 7) is 2.34. The quantitative estimate of drug-likeness (QED) is 0.809. The minimum atomic E-state index is 0.229. The van der Waals surface area contributed by atoms with E-state index in [-0.39, 0.29) is 12.6 Å². The molecule has 0 saturated carbocycles. The van der Waals surface area contributed by atoms with Gasteiger partial charge in [0.05, 0.1) is 16.0 Å². The highest BCUT2D eigenvalue weighted by Gasteiger charge is 2.15. The lowest BCUT2D eigenvalue weighted by molar-refractivity contribution is 0.265. The fourth-order valence-corrected chi connectivity index (χ4v) is 3.38. The van der Waals surface area contributed by atoms with Gasteiger partial charge in [-0.15, -0.1) is 11.3 Å². The molecule has 2 atom stereocenters. The molecule has 2 unspecified atom stereocenters. The van der Waals surface area contributed by atoms with Gasteiger partial charge < -0.3 is 10.4 Å². The van der Waals surface area contributed by atoms with Crippen LogP contribution in [0.15, 0.2) is 9.98 Å². The van der Waals surface area contributed by atoms with Crippen molar-refractivity contribution in [3.8, 4) is 0 Å². The van der Waals surface area contributed by atoms with Crippen LogP contribution in [0.1, 0.15) is 24.4 Å². The summed E-state index contributed by atoms with van der Waals surface area (Å²) in [6, 6.07) is 0.581. The maximum atomic E-state index is 8.98. The van der Waals surface area contributed by atoms with Crippen LogP contribution in [0.4, 0.5) is 0 Å². The first kappa shape index (κ1) is 14.4. The van der Waals surface area contributed by atoms with Gasteiger partial charge in [-0.2, -0.15) is 11.8 Å². The Morgan fingerprint density at radius 1 is 1.69 bits per heavy atom. The number of thiazole rings is 1. The van der Waals surface area contributed by atoms with E-state index in [0.29, 0.717) is 6.04 Å². The molecule has 0 aliphatic rings. The van der Waals surface area contributed by atoms with Crippen molar-refractivity contribution >= 4 is 39.0 Å². The van der Waals surface area contributed by atoms with Crippen LogP contribution in [0.25, 0.3) is 0 Å². The predicted octanol–water partition coefficient (Wildman–Crippen LogP) is 2.67. The highest BCUT2D eigenvalue weighted by Crippen LogP contribution is 2.24. The fourth-order valence-electron chi connectivity index (χ4n) is 1.46. The molecule has 6 heteroatoms. The number of hydrogen-bond donors (Lipinski definition) is 2. The number of aromatic nitrogens is 1. The topological polar surface area (TPSA) is 45.1 Å². The largest absolute Gasteiger partial charge is 0.396 e. The normalized spacial score (nSPS) is 15.0. The van der Waals surface area contributed by atoms with Crippen molar-refractivity contribution in [3.05, 3.63) is 15.0 Å². The van der Waals surface area contributed by atoms with Gasteiger partial charge in [0.1, 0.15) is 5.01 Å². The maximum absolute atomic E-state index is 8.98. The predicted molar refractivity (Wildman–Crippen MR) is 75.2 cm³/mol. The van der Waals surface area contributed by atoms with Crippen LogP contribution in [-0.4, -0.2) is 34.7 Å². The van der Waals surface area contributed by atoms with Crippen LogP contribution in [-0.2, 0) is 0 Å². The molecule has 0 aliphatic carbocycles. The first-order valence-electron chi connectivity index (χ1n) is 5.14. The second-order valence-electron chi connectivity index (χ2n) is 3.56. The average Bonchev–Trinajstić information content (AvgIpc) is 2.65. The highest BCUT2D eigenvalue weighted by molar-refractivity contribution is 9.11. The Morgan fingerprint density at radius 3 is 2.94 bits per heavy atom. The second-order valence-corrected chi connectivity index (χ2v) is 6.91. The number of thioether (sulfide) groups is 1. The summed E-state index contributed by atoms with van der Waals surface area (Å²) >= 11 is 6.85. The molecule has 0 aromatic carbocycles. The number of aliphatic hydroxyl groups is 1. The van der Waals surface area contributed by atoms with Crippen LogP contribution in [0, 0.1) is 0 Å². The van der Waals surface area contributed by atoms with Crippen molar-refractivity contribution in [3.63, 3.8) is 0 Å². The van der Waals surface area contributed by atoms with E-state index >= 15 is 0 Å². The molecule has 1 rings (SSSR count). The zero-order valence-electron chi connectivity index (χ0n) is 9.44. The SMILES string of the molecule is CSCC(CCO)NC(C)c1ncc(Br)s1. The average molecular weight is 325 g/mol. The first-order valence-corrected chi connectivity index (χ1v) is 8.14. The van der Waals surface area contributed by atoms with E-state index in [1.54, 1.807) is 23.1 Å². The standard InChI is InChI=1S/C10H17BrN2OS2/c1-7(10-12-5-9(11)16-10)13-8(3-4-14)6-15-2/h5,7-8,13-14H,3-4,6H2,1-2H3. The summed E-state index contributed by atoms with van der Waals surface area (Å²) in [4.78, 5) is 4.33. The van der Waals surface area contributed by atoms with Gasteiger partial charge in [0.15, 0.2) is 0 Å². The molecule has 92 valence electrons. The highest BCUT2D eigenvalue weighted by atomic mass is 79.9. The Morgan fingerprint density at radius 2 is 2.44 bits per heavy atom. The molecule has 1 aromatic rings. The third kappa shape index (κ3) is 4.71. The molecule has 1 aromatic heterocycles. The summed E-state index contributed by atoms with van der Waals surface area (Å²) in [5.41, 5.74) is 0. The lowest BCUT2D eigenvalue weighted by atomic mass is 10.2. The van der Waals surface area contributed by atoms with E-state index in [1.807, 2.05) is 6.20 Å². The van der Waals surface area contributed by atoms with Crippen molar-refractivity contribution in [1.29, 1.82) is 0 Å². The number of rotatable bonds is 7. The number of aliphatic hydroxyl groups excluding tert-OH is 1. The Hall–Kier alpha value is 0.380. The summed E-state index contributed by atoms with van der Waals surface area (Å²) in [6.07, 6.45) is 4.70. The Labute approximate surface area is 113 Å². The summed E-state index contributed by atoms with van der Waals surface area (Å²) < 4.78 is 1.06. The minimum absolute atomic E-state index is 0.229. The first-order chi connectivity index (χ1) is 7.67. The zero-order valence-corrected chi connectivity index (χ0v) is 12.7. The van der Waals surface area contributed by atoms with Gasteiger partial charge in [0.25, 0.3) is 0 Å². The molecule has 0 saturated heterocycles. The molecule has 0 amide bonds. The van der Waals surface area contributed by atoms with E-state index < -0.39 is 0 Å². The number of halogens is 1. The lowest BCUT2D eigenvalue weighted by Crippen LogP contribution is -2.34. The maximum Gasteiger partial charge on any atom is 0.110 e. The van der Waals surface area contributed by atoms with Gasteiger partial charge in [-0.25, -0.2) is 4.98 Å². The molecule has 3 nitrogen and oxygen atoms in total. The van der Waals surface area contributed by atoms with Crippen LogP contribution < -0.4 is 5.32 Å². The fraction of sp³-hybridized carbons (Fsp3) is 0.700. The van der Waals surface area contributed by atoms with E-state index in [4.69, 9.17) is 5.11 Å². The number of nitrogens with one attached hydrogen (secondary N) is 1. The lowest BCUT2D eigenvalue weighted by Gasteiger charge is -2.20. The van der Waals surface area contributed by atoms with E-state index in [1.165, 1.54) is 0 Å². The molecule has 0 radical (unpaired) electrons. The third-order valence-corrected chi connectivity index (χ3v) is 4.59. The Bertz CT molecular complexity index is 303. The van der Waals surface area contributed by atoms with Crippen LogP contribution in [0.5, 0.6) is 0 Å². The van der Waals surface area contributed by atoms with Crippen molar-refractivity contribution in [2.45, 2.75) is 25.4 Å². The second kappa shape index (κ2) is 7.66. The van der Waals surface area contributed by atoms with Gasteiger partial charge in [-0.1, -0.05) is 0 Å². The van der Waals surface area contributed by atoms with Crippen molar-refractivity contribution in [2.24, 2.45) is 0 Å². The molecule has 0 bridgehead atoms.